The summed E-state index contributed by atoms with van der Waals surface area (Å²) in [6, 6.07) is 12.9. The highest BCUT2D eigenvalue weighted by Crippen LogP contribution is 2.35. The Balaban J connectivity index is 1.35. The van der Waals surface area contributed by atoms with Crippen LogP contribution in [0.1, 0.15) is 67.9 Å². The minimum Gasteiger partial charge on any atom is -0.348 e. The van der Waals surface area contributed by atoms with Gasteiger partial charge < -0.3 is 5.32 Å². The topological polar surface area (TPSA) is 71.0 Å². The second kappa shape index (κ2) is 11.5. The Kier molecular flexibility index (Phi) is 7.93. The Hall–Kier alpha value is -3.13. The van der Waals surface area contributed by atoms with E-state index in [2.05, 4.69) is 44.8 Å². The van der Waals surface area contributed by atoms with Gasteiger partial charge in [0.25, 0.3) is 5.91 Å². The fraction of sp³-hybridized carbons (Fsp3) is 0.310. The van der Waals surface area contributed by atoms with E-state index >= 15 is 0 Å². The van der Waals surface area contributed by atoms with Crippen LogP contribution in [0.4, 0.5) is 0 Å². The molecule has 5 rings (SSSR count). The number of pyridine rings is 2. The van der Waals surface area contributed by atoms with Gasteiger partial charge in [-0.3, -0.25) is 19.7 Å². The van der Waals surface area contributed by atoms with Gasteiger partial charge in [0.2, 0.25) is 0 Å². The van der Waals surface area contributed by atoms with Crippen molar-refractivity contribution in [3.63, 3.8) is 0 Å². The lowest BCUT2D eigenvalue weighted by atomic mass is 9.90. The van der Waals surface area contributed by atoms with E-state index in [-0.39, 0.29) is 11.9 Å². The molecule has 1 unspecified atom stereocenters. The number of nitrogens with one attached hydrogen (secondary N) is 1. The van der Waals surface area contributed by atoms with E-state index in [0.717, 1.165) is 54.2 Å². The molecule has 1 aromatic carbocycles. The monoisotopic (exact) mass is 531 g/mol. The van der Waals surface area contributed by atoms with E-state index in [1.165, 1.54) is 23.0 Å². The van der Waals surface area contributed by atoms with Crippen molar-refractivity contribution in [2.45, 2.75) is 58.8 Å². The van der Waals surface area contributed by atoms with Crippen molar-refractivity contribution in [1.29, 1.82) is 0 Å². The highest BCUT2D eigenvalue weighted by Gasteiger charge is 2.28. The zero-order valence-electron chi connectivity index (χ0n) is 21.1. The van der Waals surface area contributed by atoms with Crippen LogP contribution in [0.2, 0.25) is 5.02 Å². The molecule has 1 atom stereocenters. The molecule has 0 fully saturated rings. The van der Waals surface area contributed by atoms with Crippen LogP contribution in [0.15, 0.2) is 60.4 Å². The molecule has 0 saturated heterocycles. The third kappa shape index (κ3) is 6.06. The van der Waals surface area contributed by atoms with E-state index in [1.54, 1.807) is 17.5 Å². The van der Waals surface area contributed by atoms with Crippen LogP contribution in [0.5, 0.6) is 0 Å². The summed E-state index contributed by atoms with van der Waals surface area (Å²) in [5, 5.41) is 6.61. The van der Waals surface area contributed by atoms with Gasteiger partial charge in [-0.2, -0.15) is 0 Å². The maximum atomic E-state index is 12.8. The van der Waals surface area contributed by atoms with Crippen LogP contribution in [0.3, 0.4) is 0 Å². The van der Waals surface area contributed by atoms with Gasteiger partial charge in [0, 0.05) is 43.6 Å². The van der Waals surface area contributed by atoms with Gasteiger partial charge in [-0.15, -0.1) is 11.3 Å². The first-order valence-corrected chi connectivity index (χ1v) is 13.8. The number of halogens is 1. The zero-order valence-corrected chi connectivity index (χ0v) is 22.6. The van der Waals surface area contributed by atoms with Gasteiger partial charge in [-0.1, -0.05) is 41.9 Å². The van der Waals surface area contributed by atoms with Crippen LogP contribution in [0, 0.1) is 13.8 Å². The maximum Gasteiger partial charge on any atom is 0.253 e. The Bertz CT molecular complexity index is 1380. The van der Waals surface area contributed by atoms with Crippen molar-refractivity contribution in [2.75, 3.05) is 0 Å². The second-order valence-electron chi connectivity index (χ2n) is 9.53. The highest BCUT2D eigenvalue weighted by atomic mass is 35.5. The number of nitrogens with zero attached hydrogens (tertiary/aromatic N) is 4. The van der Waals surface area contributed by atoms with Crippen molar-refractivity contribution in [1.82, 2.24) is 25.2 Å². The molecule has 0 saturated carbocycles. The number of carbonyl (C=O) groups excluding carboxylic acids is 1. The van der Waals surface area contributed by atoms with Gasteiger partial charge in [0.1, 0.15) is 0 Å². The van der Waals surface area contributed by atoms with Crippen LogP contribution in [-0.2, 0) is 26.1 Å². The first-order chi connectivity index (χ1) is 18.0. The fourth-order valence-electron chi connectivity index (χ4n) is 5.07. The van der Waals surface area contributed by atoms with E-state index in [9.17, 15) is 4.79 Å². The van der Waals surface area contributed by atoms with Crippen molar-refractivity contribution < 1.29 is 4.79 Å². The predicted octanol–water partition coefficient (Wildman–Crippen LogP) is 6.21. The molecule has 0 spiro atoms. The van der Waals surface area contributed by atoms with Gasteiger partial charge in [-0.05, 0) is 61.4 Å². The van der Waals surface area contributed by atoms with E-state index in [1.807, 2.05) is 32.2 Å². The summed E-state index contributed by atoms with van der Waals surface area (Å²) in [4.78, 5) is 28.9. The molecule has 37 heavy (non-hydrogen) atoms. The van der Waals surface area contributed by atoms with Crippen LogP contribution in [-0.4, -0.2) is 25.8 Å². The normalized spacial score (nSPS) is 15.0. The number of fused-ring (bicyclic) bond motifs is 1. The molecule has 0 bridgehead atoms. The molecule has 0 radical (unpaired) electrons. The van der Waals surface area contributed by atoms with Crippen molar-refractivity contribution >= 4 is 28.8 Å². The molecule has 4 aromatic rings. The summed E-state index contributed by atoms with van der Waals surface area (Å²) < 4.78 is 0. The summed E-state index contributed by atoms with van der Waals surface area (Å²) in [7, 11) is 0. The number of thiazole rings is 1. The van der Waals surface area contributed by atoms with Crippen LogP contribution >= 0.6 is 22.9 Å². The van der Waals surface area contributed by atoms with E-state index in [0.29, 0.717) is 17.1 Å². The minimum atomic E-state index is -0.194. The quantitative estimate of drug-likeness (QED) is 0.292. The molecule has 1 amide bonds. The number of hydrogen-bond acceptors (Lipinski definition) is 6. The molecule has 3 aromatic heterocycles. The number of benzene rings is 1. The zero-order chi connectivity index (χ0) is 25.8. The number of rotatable bonds is 8. The summed E-state index contributed by atoms with van der Waals surface area (Å²) in [5.74, 6) is -0.194. The lowest BCUT2D eigenvalue weighted by molar-refractivity contribution is 0.0950. The minimum absolute atomic E-state index is 0.194. The lowest BCUT2D eigenvalue weighted by Crippen LogP contribution is -2.31. The molecule has 190 valence electrons. The summed E-state index contributed by atoms with van der Waals surface area (Å²) >= 11 is 7.92. The first-order valence-electron chi connectivity index (χ1n) is 12.5. The average Bonchev–Trinajstić information content (AvgIpc) is 3.31. The SMILES string of the molecule is Cc1nc(CN(Cc2cccc(CNC(=O)c3c(C)cncc3Cl)c2)C2CCCc3cccnc32)cs1. The Morgan fingerprint density at radius 3 is 2.84 bits per heavy atom. The van der Waals surface area contributed by atoms with Crippen molar-refractivity contribution in [2.24, 2.45) is 0 Å². The Morgan fingerprint density at radius 2 is 2.03 bits per heavy atom. The number of aryl methyl sites for hydroxylation is 3. The third-order valence-electron chi connectivity index (χ3n) is 6.78. The molecule has 3 heterocycles. The summed E-state index contributed by atoms with van der Waals surface area (Å²) in [6.45, 7) is 5.85. The second-order valence-corrected chi connectivity index (χ2v) is 11.0. The Morgan fingerprint density at radius 1 is 1.16 bits per heavy atom. The molecule has 1 aliphatic carbocycles. The largest absolute Gasteiger partial charge is 0.348 e. The van der Waals surface area contributed by atoms with E-state index in [4.69, 9.17) is 21.6 Å². The van der Waals surface area contributed by atoms with Gasteiger partial charge in [0.15, 0.2) is 0 Å². The molecular formula is C29H30ClN5OS. The van der Waals surface area contributed by atoms with Gasteiger partial charge in [0.05, 0.1) is 33.0 Å². The molecule has 1 N–H and O–H groups in total. The lowest BCUT2D eigenvalue weighted by Gasteiger charge is -2.34. The van der Waals surface area contributed by atoms with Crippen molar-refractivity contribution in [3.8, 4) is 0 Å². The standard InChI is InChI=1S/C29H30ClN5OS/c1-19-13-31-15-25(30)27(19)29(36)33-14-21-6-3-7-22(12-21)16-35(17-24-18-37-20(2)34-24)26-10-4-8-23-9-5-11-32-28(23)26/h3,5-7,9,11-13,15,18,26H,4,8,10,14,16-17H2,1-2H3,(H,33,36). The number of hydrogen-bond donors (Lipinski definition) is 1. The Labute approximate surface area is 226 Å². The molecule has 8 heteroatoms. The fourth-order valence-corrected chi connectivity index (χ4v) is 5.96. The highest BCUT2D eigenvalue weighted by molar-refractivity contribution is 7.09. The van der Waals surface area contributed by atoms with Gasteiger partial charge >= 0.3 is 0 Å². The average molecular weight is 532 g/mol. The number of carbonyl (C=O) groups is 1. The van der Waals surface area contributed by atoms with Crippen LogP contribution < -0.4 is 5.32 Å². The number of aromatic nitrogens is 3. The van der Waals surface area contributed by atoms with Gasteiger partial charge in [-0.25, -0.2) is 4.98 Å². The summed E-state index contributed by atoms with van der Waals surface area (Å²) in [6.07, 6.45) is 8.37. The molecular weight excluding hydrogens is 502 g/mol. The van der Waals surface area contributed by atoms with Crippen molar-refractivity contribution in [3.05, 3.63) is 110 Å². The number of amides is 1. The first kappa shape index (κ1) is 25.5. The maximum absolute atomic E-state index is 12.8. The third-order valence-corrected chi connectivity index (χ3v) is 7.89. The molecule has 6 nitrogen and oxygen atoms in total. The predicted molar refractivity (Wildman–Crippen MR) is 148 cm³/mol. The van der Waals surface area contributed by atoms with Crippen LogP contribution in [0.25, 0.3) is 0 Å². The smallest absolute Gasteiger partial charge is 0.253 e. The molecule has 0 aliphatic heterocycles. The molecule has 1 aliphatic rings. The summed E-state index contributed by atoms with van der Waals surface area (Å²) in [5.41, 5.74) is 7.10. The van der Waals surface area contributed by atoms with E-state index < -0.39 is 0 Å².